The summed E-state index contributed by atoms with van der Waals surface area (Å²) in [6, 6.07) is 8.77. The molecule has 0 radical (unpaired) electrons. The average molecular weight is 310 g/mol. The average Bonchev–Trinajstić information content (AvgIpc) is 2.71. The van der Waals surface area contributed by atoms with Crippen molar-refractivity contribution in [1.29, 1.82) is 0 Å². The number of halogens is 1. The third-order valence-electron chi connectivity index (χ3n) is 3.92. The molecular formula is C15H20BrNO. The number of hydrogen-bond acceptors (Lipinski definition) is 2. The van der Waals surface area contributed by atoms with Gasteiger partial charge in [0.1, 0.15) is 0 Å². The van der Waals surface area contributed by atoms with Gasteiger partial charge in [-0.2, -0.15) is 0 Å². The standard InChI is InChI=1S/C15H20BrNO/c1-3-14-9-4-11(2)17(14)10-15(18)12-5-7-13(16)8-6-12/h5-8,11,14H,3-4,9-10H2,1-2H3. The number of likely N-dealkylation sites (tertiary alicyclic amines) is 1. The van der Waals surface area contributed by atoms with Crippen LogP contribution in [0.3, 0.4) is 0 Å². The van der Waals surface area contributed by atoms with Crippen molar-refractivity contribution in [2.24, 2.45) is 0 Å². The largest absolute Gasteiger partial charge is 0.293 e. The van der Waals surface area contributed by atoms with Crippen LogP contribution in [0.25, 0.3) is 0 Å². The molecule has 0 spiro atoms. The first-order valence-electron chi connectivity index (χ1n) is 6.66. The summed E-state index contributed by atoms with van der Waals surface area (Å²) in [5.74, 6) is 0.231. The highest BCUT2D eigenvalue weighted by molar-refractivity contribution is 9.10. The fraction of sp³-hybridized carbons (Fsp3) is 0.533. The quantitative estimate of drug-likeness (QED) is 0.786. The van der Waals surface area contributed by atoms with Crippen LogP contribution in [-0.4, -0.2) is 29.3 Å². The summed E-state index contributed by atoms with van der Waals surface area (Å²) in [5, 5.41) is 0. The Labute approximate surface area is 117 Å². The van der Waals surface area contributed by atoms with Crippen molar-refractivity contribution in [3.05, 3.63) is 34.3 Å². The lowest BCUT2D eigenvalue weighted by Gasteiger charge is -2.26. The van der Waals surface area contributed by atoms with E-state index in [0.717, 1.165) is 16.5 Å². The van der Waals surface area contributed by atoms with E-state index < -0.39 is 0 Å². The summed E-state index contributed by atoms with van der Waals surface area (Å²) in [7, 11) is 0. The smallest absolute Gasteiger partial charge is 0.176 e. The van der Waals surface area contributed by atoms with Crippen molar-refractivity contribution < 1.29 is 4.79 Å². The zero-order valence-corrected chi connectivity index (χ0v) is 12.6. The maximum atomic E-state index is 12.3. The van der Waals surface area contributed by atoms with Crippen LogP contribution in [0.1, 0.15) is 43.5 Å². The van der Waals surface area contributed by atoms with Crippen LogP contribution in [-0.2, 0) is 0 Å². The minimum absolute atomic E-state index is 0.231. The Morgan fingerprint density at radius 1 is 1.33 bits per heavy atom. The fourth-order valence-corrected chi connectivity index (χ4v) is 3.01. The Bertz CT molecular complexity index is 415. The zero-order valence-electron chi connectivity index (χ0n) is 11.0. The molecule has 1 heterocycles. The molecule has 0 bridgehead atoms. The lowest BCUT2D eigenvalue weighted by molar-refractivity contribution is 0.0889. The first-order valence-corrected chi connectivity index (χ1v) is 7.45. The van der Waals surface area contributed by atoms with Gasteiger partial charge in [-0.1, -0.05) is 35.0 Å². The number of Topliss-reactive ketones (excluding diaryl/α,β-unsaturated/α-hetero) is 1. The first kappa shape index (κ1) is 13.8. The van der Waals surface area contributed by atoms with Crippen molar-refractivity contribution in [2.45, 2.75) is 45.2 Å². The van der Waals surface area contributed by atoms with Crippen LogP contribution in [0, 0.1) is 0 Å². The molecule has 2 atom stereocenters. The number of hydrogen-bond donors (Lipinski definition) is 0. The predicted molar refractivity (Wildman–Crippen MR) is 78.0 cm³/mol. The Morgan fingerprint density at radius 2 is 2.00 bits per heavy atom. The van der Waals surface area contributed by atoms with E-state index >= 15 is 0 Å². The van der Waals surface area contributed by atoms with E-state index in [1.54, 1.807) is 0 Å². The number of nitrogens with zero attached hydrogens (tertiary/aromatic N) is 1. The number of carbonyl (C=O) groups excluding carboxylic acids is 1. The lowest BCUT2D eigenvalue weighted by atomic mass is 10.1. The van der Waals surface area contributed by atoms with Crippen LogP contribution in [0.5, 0.6) is 0 Å². The molecule has 1 aromatic carbocycles. The molecule has 2 rings (SSSR count). The van der Waals surface area contributed by atoms with Crippen LogP contribution in [0.15, 0.2) is 28.7 Å². The molecule has 18 heavy (non-hydrogen) atoms. The van der Waals surface area contributed by atoms with Gasteiger partial charge in [0, 0.05) is 22.1 Å². The van der Waals surface area contributed by atoms with E-state index in [0.29, 0.717) is 18.6 Å². The zero-order chi connectivity index (χ0) is 13.1. The molecule has 0 aliphatic carbocycles. The first-order chi connectivity index (χ1) is 8.61. The SMILES string of the molecule is CCC1CCC(C)N1CC(=O)c1ccc(Br)cc1. The van der Waals surface area contributed by atoms with Crippen molar-refractivity contribution in [1.82, 2.24) is 4.90 Å². The van der Waals surface area contributed by atoms with Crippen molar-refractivity contribution in [2.75, 3.05) is 6.54 Å². The van der Waals surface area contributed by atoms with Crippen LogP contribution < -0.4 is 0 Å². The normalized spacial score (nSPS) is 24.4. The van der Waals surface area contributed by atoms with Gasteiger partial charge in [-0.3, -0.25) is 9.69 Å². The summed E-state index contributed by atoms with van der Waals surface area (Å²) < 4.78 is 1.01. The second-order valence-corrected chi connectivity index (χ2v) is 6.01. The Balaban J connectivity index is 2.04. The Kier molecular flexibility index (Phi) is 4.57. The monoisotopic (exact) mass is 309 g/mol. The van der Waals surface area contributed by atoms with Crippen LogP contribution in [0.2, 0.25) is 0 Å². The molecule has 1 saturated heterocycles. The molecule has 98 valence electrons. The van der Waals surface area contributed by atoms with Crippen LogP contribution >= 0.6 is 15.9 Å². The van der Waals surface area contributed by atoms with Crippen molar-refractivity contribution >= 4 is 21.7 Å². The lowest BCUT2D eigenvalue weighted by Crippen LogP contribution is -2.38. The third-order valence-corrected chi connectivity index (χ3v) is 4.45. The van der Waals surface area contributed by atoms with Gasteiger partial charge >= 0.3 is 0 Å². The maximum absolute atomic E-state index is 12.3. The molecule has 0 amide bonds. The summed E-state index contributed by atoms with van der Waals surface area (Å²) in [5.41, 5.74) is 0.812. The van der Waals surface area contributed by atoms with E-state index in [9.17, 15) is 4.79 Å². The molecule has 0 N–H and O–H groups in total. The predicted octanol–water partition coefficient (Wildman–Crippen LogP) is 3.89. The highest BCUT2D eigenvalue weighted by Crippen LogP contribution is 2.26. The van der Waals surface area contributed by atoms with E-state index in [1.165, 1.54) is 12.8 Å². The molecule has 1 aliphatic rings. The number of carbonyl (C=O) groups is 1. The van der Waals surface area contributed by atoms with Crippen molar-refractivity contribution in [3.8, 4) is 0 Å². The highest BCUT2D eigenvalue weighted by atomic mass is 79.9. The molecule has 1 fully saturated rings. The molecule has 1 aromatic rings. The molecule has 2 nitrogen and oxygen atoms in total. The van der Waals surface area contributed by atoms with Gasteiger partial charge in [0.2, 0.25) is 0 Å². The summed E-state index contributed by atoms with van der Waals surface area (Å²) in [6.07, 6.45) is 3.58. The number of rotatable bonds is 4. The summed E-state index contributed by atoms with van der Waals surface area (Å²) in [4.78, 5) is 14.6. The number of benzene rings is 1. The van der Waals surface area contributed by atoms with E-state index in [4.69, 9.17) is 0 Å². The van der Waals surface area contributed by atoms with Gasteiger partial charge in [-0.15, -0.1) is 0 Å². The van der Waals surface area contributed by atoms with Gasteiger partial charge in [0.15, 0.2) is 5.78 Å². The van der Waals surface area contributed by atoms with Gasteiger partial charge in [-0.25, -0.2) is 0 Å². The topological polar surface area (TPSA) is 20.3 Å². The molecule has 2 unspecified atom stereocenters. The van der Waals surface area contributed by atoms with Crippen LogP contribution in [0.4, 0.5) is 0 Å². The van der Waals surface area contributed by atoms with E-state index in [2.05, 4.69) is 34.7 Å². The van der Waals surface area contributed by atoms with E-state index in [1.807, 2.05) is 24.3 Å². The van der Waals surface area contributed by atoms with Gasteiger partial charge < -0.3 is 0 Å². The minimum Gasteiger partial charge on any atom is -0.293 e. The molecule has 0 saturated carbocycles. The molecular weight excluding hydrogens is 290 g/mol. The highest BCUT2D eigenvalue weighted by Gasteiger charge is 2.30. The second-order valence-electron chi connectivity index (χ2n) is 5.09. The van der Waals surface area contributed by atoms with E-state index in [-0.39, 0.29) is 5.78 Å². The Morgan fingerprint density at radius 3 is 2.61 bits per heavy atom. The maximum Gasteiger partial charge on any atom is 0.176 e. The van der Waals surface area contributed by atoms with Gasteiger partial charge in [-0.05, 0) is 38.3 Å². The summed E-state index contributed by atoms with van der Waals surface area (Å²) >= 11 is 3.39. The van der Waals surface area contributed by atoms with Gasteiger partial charge in [0.25, 0.3) is 0 Å². The number of ketones is 1. The molecule has 0 aromatic heterocycles. The minimum atomic E-state index is 0.231. The van der Waals surface area contributed by atoms with Crippen molar-refractivity contribution in [3.63, 3.8) is 0 Å². The third kappa shape index (κ3) is 3.01. The molecule has 1 aliphatic heterocycles. The molecule has 3 heteroatoms. The summed E-state index contributed by atoms with van der Waals surface area (Å²) in [6.45, 7) is 4.99. The fourth-order valence-electron chi connectivity index (χ4n) is 2.74. The van der Waals surface area contributed by atoms with Gasteiger partial charge in [0.05, 0.1) is 6.54 Å². The Hall–Kier alpha value is -0.670. The second kappa shape index (κ2) is 5.98.